The summed E-state index contributed by atoms with van der Waals surface area (Å²) in [5, 5.41) is 2.97. The third-order valence-corrected chi connectivity index (χ3v) is 4.54. The molecule has 0 amide bonds. The van der Waals surface area contributed by atoms with Gasteiger partial charge in [0.15, 0.2) is 0 Å². The molecule has 5 nitrogen and oxygen atoms in total. The Hall–Kier alpha value is -1.11. The van der Waals surface area contributed by atoms with E-state index in [2.05, 4.69) is 5.32 Å². The smallest absolute Gasteiger partial charge is 0.242 e. The zero-order valence-electron chi connectivity index (χ0n) is 11.0. The molecule has 0 aliphatic heterocycles. The van der Waals surface area contributed by atoms with E-state index in [1.807, 2.05) is 7.05 Å². The number of likely N-dealkylation sites (N-methyl/N-ethyl adjacent to an activating group) is 1. The molecule has 6 heteroatoms. The molecule has 0 unspecified atom stereocenters. The Balaban J connectivity index is 2.77. The molecule has 0 aliphatic rings. The van der Waals surface area contributed by atoms with Crippen molar-refractivity contribution in [3.63, 3.8) is 0 Å². The molecular weight excluding hydrogens is 252 g/mol. The van der Waals surface area contributed by atoms with E-state index in [-0.39, 0.29) is 4.90 Å². The van der Waals surface area contributed by atoms with Crippen LogP contribution in [0.25, 0.3) is 0 Å². The number of hydrogen-bond donors (Lipinski definition) is 1. The summed E-state index contributed by atoms with van der Waals surface area (Å²) < 4.78 is 30.8. The van der Waals surface area contributed by atoms with Crippen molar-refractivity contribution < 1.29 is 13.2 Å². The molecule has 1 aromatic rings. The molecule has 1 aromatic carbocycles. The molecule has 0 aromatic heterocycles. The monoisotopic (exact) mass is 272 g/mol. The van der Waals surface area contributed by atoms with Crippen LogP contribution in [0.5, 0.6) is 5.75 Å². The molecule has 0 radical (unpaired) electrons. The van der Waals surface area contributed by atoms with Crippen molar-refractivity contribution in [1.82, 2.24) is 9.62 Å². The lowest BCUT2D eigenvalue weighted by atomic mass is 10.3. The number of ether oxygens (including phenoxy) is 1. The highest BCUT2D eigenvalue weighted by Crippen LogP contribution is 2.18. The summed E-state index contributed by atoms with van der Waals surface area (Å²) in [6, 6.07) is 6.48. The Bertz CT molecular complexity index is 457. The van der Waals surface area contributed by atoms with Gasteiger partial charge in [0.25, 0.3) is 0 Å². The van der Waals surface area contributed by atoms with E-state index in [4.69, 9.17) is 4.74 Å². The molecule has 18 heavy (non-hydrogen) atoms. The van der Waals surface area contributed by atoms with E-state index >= 15 is 0 Å². The largest absolute Gasteiger partial charge is 0.492 e. The maximum Gasteiger partial charge on any atom is 0.242 e. The van der Waals surface area contributed by atoms with Crippen molar-refractivity contribution in [2.75, 3.05) is 33.8 Å². The topological polar surface area (TPSA) is 58.6 Å². The molecular formula is C12H20N2O3S. The van der Waals surface area contributed by atoms with Gasteiger partial charge >= 0.3 is 0 Å². The summed E-state index contributed by atoms with van der Waals surface area (Å²) >= 11 is 0. The summed E-state index contributed by atoms with van der Waals surface area (Å²) in [7, 11) is 0.0435. The van der Waals surface area contributed by atoms with Gasteiger partial charge in [0.2, 0.25) is 10.0 Å². The van der Waals surface area contributed by atoms with Gasteiger partial charge in [-0.2, -0.15) is 0 Å². The van der Waals surface area contributed by atoms with Crippen LogP contribution in [0.1, 0.15) is 6.92 Å². The zero-order valence-corrected chi connectivity index (χ0v) is 11.8. The van der Waals surface area contributed by atoms with Gasteiger partial charge in [-0.25, -0.2) is 12.7 Å². The first-order valence-electron chi connectivity index (χ1n) is 5.86. The minimum Gasteiger partial charge on any atom is -0.492 e. The zero-order chi connectivity index (χ0) is 13.6. The molecule has 1 N–H and O–H groups in total. The predicted molar refractivity (Wildman–Crippen MR) is 71.4 cm³/mol. The number of rotatable bonds is 7. The van der Waals surface area contributed by atoms with Crippen LogP contribution in [0.2, 0.25) is 0 Å². The van der Waals surface area contributed by atoms with Crippen LogP contribution in [0.3, 0.4) is 0 Å². The standard InChI is InChI=1S/C12H20N2O3S/c1-4-14(3)18(15,16)12-7-5-11(6-8-12)17-10-9-13-2/h5-8,13H,4,9-10H2,1-3H3. The van der Waals surface area contributed by atoms with Crippen LogP contribution < -0.4 is 10.1 Å². The number of hydrogen-bond acceptors (Lipinski definition) is 4. The van der Waals surface area contributed by atoms with E-state index in [1.54, 1.807) is 38.2 Å². The minimum atomic E-state index is -3.37. The van der Waals surface area contributed by atoms with Crippen LogP contribution in [0.4, 0.5) is 0 Å². The molecule has 0 spiro atoms. The number of benzene rings is 1. The second-order valence-corrected chi connectivity index (χ2v) is 5.89. The van der Waals surface area contributed by atoms with Crippen LogP contribution in [-0.4, -0.2) is 46.5 Å². The molecule has 0 saturated heterocycles. The van der Waals surface area contributed by atoms with E-state index < -0.39 is 10.0 Å². The quantitative estimate of drug-likeness (QED) is 0.750. The molecule has 0 saturated carbocycles. The lowest BCUT2D eigenvalue weighted by Crippen LogP contribution is -2.26. The van der Waals surface area contributed by atoms with Crippen LogP contribution in [0, 0.1) is 0 Å². The highest BCUT2D eigenvalue weighted by Gasteiger charge is 2.18. The fraction of sp³-hybridized carbons (Fsp3) is 0.500. The van der Waals surface area contributed by atoms with Crippen molar-refractivity contribution in [2.24, 2.45) is 0 Å². The van der Waals surface area contributed by atoms with Crippen LogP contribution in [-0.2, 0) is 10.0 Å². The molecule has 0 aliphatic carbocycles. The Morgan fingerprint density at radius 3 is 2.39 bits per heavy atom. The van der Waals surface area contributed by atoms with Crippen LogP contribution in [0.15, 0.2) is 29.2 Å². The van der Waals surface area contributed by atoms with E-state index in [9.17, 15) is 8.42 Å². The lowest BCUT2D eigenvalue weighted by Gasteiger charge is -2.15. The SMILES string of the molecule is CCN(C)S(=O)(=O)c1ccc(OCCNC)cc1. The Kier molecular flexibility index (Phi) is 5.58. The van der Waals surface area contributed by atoms with E-state index in [0.29, 0.717) is 18.9 Å². The molecule has 102 valence electrons. The number of nitrogens with one attached hydrogen (secondary N) is 1. The maximum absolute atomic E-state index is 12.0. The Morgan fingerprint density at radius 2 is 1.89 bits per heavy atom. The fourth-order valence-electron chi connectivity index (χ4n) is 1.33. The maximum atomic E-state index is 12.0. The Labute approximate surface area is 109 Å². The van der Waals surface area contributed by atoms with Gasteiger partial charge in [-0.05, 0) is 31.3 Å². The molecule has 0 bridgehead atoms. The molecule has 0 fully saturated rings. The van der Waals surface area contributed by atoms with Gasteiger partial charge in [0.1, 0.15) is 12.4 Å². The van der Waals surface area contributed by atoms with Crippen molar-refractivity contribution in [2.45, 2.75) is 11.8 Å². The summed E-state index contributed by atoms with van der Waals surface area (Å²) in [4.78, 5) is 0.285. The lowest BCUT2D eigenvalue weighted by molar-refractivity contribution is 0.318. The predicted octanol–water partition coefficient (Wildman–Crippen LogP) is 0.925. The first kappa shape index (κ1) is 14.9. The van der Waals surface area contributed by atoms with Crippen LogP contribution >= 0.6 is 0 Å². The highest BCUT2D eigenvalue weighted by molar-refractivity contribution is 7.89. The highest BCUT2D eigenvalue weighted by atomic mass is 32.2. The summed E-state index contributed by atoms with van der Waals surface area (Å²) in [5.41, 5.74) is 0. The third-order valence-electron chi connectivity index (χ3n) is 2.60. The summed E-state index contributed by atoms with van der Waals surface area (Å²) in [6.45, 7) is 3.55. The van der Waals surface area contributed by atoms with Gasteiger partial charge < -0.3 is 10.1 Å². The van der Waals surface area contributed by atoms with E-state index in [0.717, 1.165) is 6.54 Å². The number of sulfonamides is 1. The van der Waals surface area contributed by atoms with Crippen molar-refractivity contribution >= 4 is 10.0 Å². The molecule has 1 rings (SSSR count). The first-order valence-corrected chi connectivity index (χ1v) is 7.30. The number of nitrogens with zero attached hydrogens (tertiary/aromatic N) is 1. The van der Waals surface area contributed by atoms with Crippen molar-refractivity contribution in [3.8, 4) is 5.75 Å². The minimum absolute atomic E-state index is 0.285. The van der Waals surface area contributed by atoms with Gasteiger partial charge in [0, 0.05) is 20.1 Å². The fourth-order valence-corrected chi connectivity index (χ4v) is 2.51. The normalized spacial score (nSPS) is 11.8. The summed E-state index contributed by atoms with van der Waals surface area (Å²) in [6.07, 6.45) is 0. The van der Waals surface area contributed by atoms with Crippen molar-refractivity contribution in [3.05, 3.63) is 24.3 Å². The second kappa shape index (κ2) is 6.72. The van der Waals surface area contributed by atoms with Gasteiger partial charge in [-0.1, -0.05) is 6.92 Å². The third kappa shape index (κ3) is 3.69. The Morgan fingerprint density at radius 1 is 1.28 bits per heavy atom. The average molecular weight is 272 g/mol. The average Bonchev–Trinajstić information content (AvgIpc) is 2.38. The van der Waals surface area contributed by atoms with Crippen molar-refractivity contribution in [1.29, 1.82) is 0 Å². The van der Waals surface area contributed by atoms with Gasteiger partial charge in [-0.15, -0.1) is 0 Å². The van der Waals surface area contributed by atoms with Gasteiger partial charge in [-0.3, -0.25) is 0 Å². The van der Waals surface area contributed by atoms with E-state index in [1.165, 1.54) is 4.31 Å². The van der Waals surface area contributed by atoms with Gasteiger partial charge in [0.05, 0.1) is 4.90 Å². The summed E-state index contributed by atoms with van der Waals surface area (Å²) in [5.74, 6) is 0.670. The molecule has 0 atom stereocenters. The second-order valence-electron chi connectivity index (χ2n) is 3.84. The molecule has 0 heterocycles. The first-order chi connectivity index (χ1) is 8.52.